The smallest absolute Gasteiger partial charge is 0.277 e. The summed E-state index contributed by atoms with van der Waals surface area (Å²) in [5, 5.41) is 2.10. The van der Waals surface area contributed by atoms with E-state index in [1.165, 1.54) is 0 Å². The molecule has 0 amide bonds. The largest absolute Gasteiger partial charge is 1.00 e. The first-order valence-corrected chi connectivity index (χ1v) is 11.6. The lowest BCUT2D eigenvalue weighted by Gasteiger charge is -2.12. The van der Waals surface area contributed by atoms with Crippen LogP contribution in [0.4, 0.5) is 0 Å². The molecule has 0 aliphatic rings. The molecule has 0 bridgehead atoms. The van der Waals surface area contributed by atoms with Crippen LogP contribution in [0.25, 0.3) is 27.9 Å². The highest BCUT2D eigenvalue weighted by molar-refractivity contribution is 6.16. The Bertz CT molecular complexity index is 1570. The maximum absolute atomic E-state index is 13.7. The van der Waals surface area contributed by atoms with Gasteiger partial charge in [-0.3, -0.25) is 4.79 Å². The van der Waals surface area contributed by atoms with E-state index in [0.717, 1.165) is 32.9 Å². The summed E-state index contributed by atoms with van der Waals surface area (Å²) < 4.78 is 18.3. The average molecular weight is 559 g/mol. The molecule has 1 N–H and O–H groups in total. The summed E-state index contributed by atoms with van der Waals surface area (Å²) in [7, 11) is 4.70. The zero-order valence-electron chi connectivity index (χ0n) is 20.8. The summed E-state index contributed by atoms with van der Waals surface area (Å²) >= 11 is 0. The Morgan fingerprint density at radius 2 is 1.54 bits per heavy atom. The van der Waals surface area contributed by atoms with Crippen LogP contribution in [0.1, 0.15) is 21.6 Å². The van der Waals surface area contributed by atoms with E-state index in [4.69, 9.17) is 14.2 Å². The Labute approximate surface area is 225 Å². The van der Waals surface area contributed by atoms with Crippen LogP contribution in [0.3, 0.4) is 0 Å². The summed E-state index contributed by atoms with van der Waals surface area (Å²) in [6.07, 6.45) is 5.33. The molecule has 37 heavy (non-hydrogen) atoms. The molecule has 188 valence electrons. The number of aromatic amines is 1. The van der Waals surface area contributed by atoms with Crippen molar-refractivity contribution in [3.05, 3.63) is 102 Å². The Balaban J connectivity index is 0.00000320. The molecule has 0 saturated carbocycles. The molecule has 5 aromatic rings. The van der Waals surface area contributed by atoms with E-state index in [9.17, 15) is 4.79 Å². The summed E-state index contributed by atoms with van der Waals surface area (Å²) in [5.41, 5.74) is 4.27. The predicted octanol–water partition coefficient (Wildman–Crippen LogP) is 2.58. The molecule has 5 rings (SSSR count). The van der Waals surface area contributed by atoms with E-state index in [2.05, 4.69) is 29.2 Å². The number of ether oxygens (including phenoxy) is 3. The number of methoxy groups -OCH3 is 3. The van der Waals surface area contributed by atoms with Crippen molar-refractivity contribution in [2.24, 2.45) is 0 Å². The molecule has 0 aliphatic heterocycles. The highest BCUT2D eigenvalue weighted by Crippen LogP contribution is 2.38. The quantitative estimate of drug-likeness (QED) is 0.181. The van der Waals surface area contributed by atoms with Crippen molar-refractivity contribution in [3.63, 3.8) is 0 Å². The molecule has 0 unspecified atom stereocenters. The number of H-pyrrole nitrogens is 1. The monoisotopic (exact) mass is 558 g/mol. The van der Waals surface area contributed by atoms with Crippen molar-refractivity contribution in [3.8, 4) is 17.2 Å². The first kappa shape index (κ1) is 26.0. The van der Waals surface area contributed by atoms with E-state index >= 15 is 0 Å². The van der Waals surface area contributed by atoms with Crippen LogP contribution in [0.15, 0.2) is 85.1 Å². The lowest BCUT2D eigenvalue weighted by Crippen LogP contribution is -3.00. The van der Waals surface area contributed by atoms with Crippen molar-refractivity contribution in [2.45, 2.75) is 6.54 Å². The molecule has 6 nitrogen and oxygen atoms in total. The first-order valence-electron chi connectivity index (χ1n) is 11.6. The zero-order valence-corrected chi connectivity index (χ0v) is 22.4. The van der Waals surface area contributed by atoms with Gasteiger partial charge in [-0.05, 0) is 29.8 Å². The van der Waals surface area contributed by atoms with Gasteiger partial charge in [-0.25, -0.2) is 0 Å². The molecule has 0 atom stereocenters. The van der Waals surface area contributed by atoms with Gasteiger partial charge in [-0.1, -0.05) is 54.6 Å². The highest BCUT2D eigenvalue weighted by atomic mass is 79.9. The first-order chi connectivity index (χ1) is 17.6. The number of fused-ring (bicyclic) bond motifs is 3. The number of para-hydroxylation sites is 1. The van der Waals surface area contributed by atoms with E-state index in [1.54, 1.807) is 33.5 Å². The highest BCUT2D eigenvalue weighted by Gasteiger charge is 2.24. The molecule has 0 radical (unpaired) electrons. The molecule has 0 aliphatic carbocycles. The van der Waals surface area contributed by atoms with Gasteiger partial charge in [0.05, 0.1) is 21.3 Å². The van der Waals surface area contributed by atoms with Gasteiger partial charge in [0.15, 0.2) is 24.2 Å². The Kier molecular flexibility index (Phi) is 7.94. The minimum absolute atomic E-state index is 0. The number of hydrogen-bond acceptors (Lipinski definition) is 4. The van der Waals surface area contributed by atoms with Gasteiger partial charge < -0.3 is 36.2 Å². The van der Waals surface area contributed by atoms with Crippen LogP contribution in [0.5, 0.6) is 17.2 Å². The van der Waals surface area contributed by atoms with Crippen LogP contribution in [-0.4, -0.2) is 32.1 Å². The number of halogens is 1. The predicted molar refractivity (Wildman–Crippen MR) is 141 cm³/mol. The normalized spacial score (nSPS) is 11.0. The molecule has 2 heterocycles. The number of carbonyl (C=O) groups excluding carboxylic acids is 1. The fourth-order valence-electron chi connectivity index (χ4n) is 4.53. The Morgan fingerprint density at radius 3 is 2.22 bits per heavy atom. The second kappa shape index (κ2) is 11.3. The fraction of sp³-hybridized carbons (Fsp3) is 0.133. The second-order valence-corrected chi connectivity index (χ2v) is 8.39. The maximum atomic E-state index is 13.7. The van der Waals surface area contributed by atoms with Crippen LogP contribution >= 0.6 is 0 Å². The molecule has 0 saturated heterocycles. The number of carbonyl (C=O) groups is 1. The van der Waals surface area contributed by atoms with Crippen LogP contribution in [0, 0.1) is 0 Å². The van der Waals surface area contributed by atoms with E-state index in [0.29, 0.717) is 29.5 Å². The average Bonchev–Trinajstić information content (AvgIpc) is 3.30. The number of ketones is 1. The van der Waals surface area contributed by atoms with Gasteiger partial charge in [-0.2, -0.15) is 4.57 Å². The van der Waals surface area contributed by atoms with E-state index in [-0.39, 0.29) is 22.8 Å². The summed E-state index contributed by atoms with van der Waals surface area (Å²) in [6, 6.07) is 23.9. The fourth-order valence-corrected chi connectivity index (χ4v) is 4.53. The minimum atomic E-state index is -0.114. The van der Waals surface area contributed by atoms with Gasteiger partial charge >= 0.3 is 0 Å². The topological polar surface area (TPSA) is 64.4 Å². The molecule has 7 heteroatoms. The third-order valence-electron chi connectivity index (χ3n) is 6.23. The number of pyridine rings is 1. The maximum Gasteiger partial charge on any atom is 0.277 e. The molecule has 0 fully saturated rings. The van der Waals surface area contributed by atoms with Crippen LogP contribution in [-0.2, 0) is 6.54 Å². The lowest BCUT2D eigenvalue weighted by atomic mass is 10.1. The van der Waals surface area contributed by atoms with Crippen LogP contribution in [0.2, 0.25) is 0 Å². The minimum Gasteiger partial charge on any atom is -1.00 e. The van der Waals surface area contributed by atoms with Crippen molar-refractivity contribution < 1.29 is 40.6 Å². The molecule has 2 aromatic heterocycles. The van der Waals surface area contributed by atoms with E-state index < -0.39 is 0 Å². The van der Waals surface area contributed by atoms with Crippen molar-refractivity contribution in [2.75, 3.05) is 21.3 Å². The summed E-state index contributed by atoms with van der Waals surface area (Å²) in [4.78, 5) is 17.2. The SMILES string of the molecule is COc1cc(/C=C/C(=O)c2c3[nH]c4ccccc4c3cc[n+]2Cc2ccccc2)cc(OC)c1OC.[Br-]. The van der Waals surface area contributed by atoms with Gasteiger partial charge in [0, 0.05) is 27.9 Å². The number of allylic oxidation sites excluding steroid dienone is 1. The number of rotatable bonds is 8. The molecular formula is C30H27BrN2O4. The third kappa shape index (κ3) is 5.08. The number of hydrogen-bond donors (Lipinski definition) is 1. The number of nitrogens with zero attached hydrogens (tertiary/aromatic N) is 1. The second-order valence-electron chi connectivity index (χ2n) is 8.39. The van der Waals surface area contributed by atoms with E-state index in [1.807, 2.05) is 59.3 Å². The molecule has 0 spiro atoms. The Morgan fingerprint density at radius 1 is 0.865 bits per heavy atom. The van der Waals surface area contributed by atoms with Crippen LogP contribution < -0.4 is 35.8 Å². The van der Waals surface area contributed by atoms with Crippen molar-refractivity contribution >= 4 is 33.7 Å². The van der Waals surface area contributed by atoms with Crippen molar-refractivity contribution in [1.29, 1.82) is 0 Å². The van der Waals surface area contributed by atoms with Gasteiger partial charge in [0.1, 0.15) is 5.52 Å². The molecular weight excluding hydrogens is 532 g/mol. The number of benzene rings is 3. The van der Waals surface area contributed by atoms with Crippen molar-refractivity contribution in [1.82, 2.24) is 4.98 Å². The summed E-state index contributed by atoms with van der Waals surface area (Å²) in [6.45, 7) is 0.575. The number of nitrogens with one attached hydrogen (secondary N) is 1. The zero-order chi connectivity index (χ0) is 25.1. The third-order valence-corrected chi connectivity index (χ3v) is 6.23. The van der Waals surface area contributed by atoms with Gasteiger partial charge in [0.2, 0.25) is 5.75 Å². The standard InChI is InChI=1S/C30H26N2O4.BrH/c1-34-26-17-21(18-27(35-2)30(26)36-3)13-14-25(33)29-28-23(22-11-7-8-12-24(22)31-28)15-16-32(29)19-20-9-5-4-6-10-20;/h4-18H,19H2,1-3H3;1H/b14-13+;. The number of aromatic nitrogens is 2. The Hall–Kier alpha value is -4.10. The summed E-state index contributed by atoms with van der Waals surface area (Å²) in [5.74, 6) is 1.45. The molecule has 3 aromatic carbocycles. The van der Waals surface area contributed by atoms with Gasteiger partial charge in [0.25, 0.3) is 11.5 Å². The lowest BCUT2D eigenvalue weighted by molar-refractivity contribution is -0.688. The van der Waals surface area contributed by atoms with Gasteiger partial charge in [-0.15, -0.1) is 0 Å².